The van der Waals surface area contributed by atoms with Crippen LogP contribution in [0.25, 0.3) is 10.9 Å². The number of nitrogens with zero attached hydrogens (tertiary/aromatic N) is 1. The van der Waals surface area contributed by atoms with Gasteiger partial charge in [0.05, 0.1) is 16.1 Å². The third-order valence-electron chi connectivity index (χ3n) is 2.48. The Morgan fingerprint density at radius 3 is 2.69 bits per heavy atom. The molecule has 1 heterocycles. The molecular formula is C12H10ClNO2. The Kier molecular flexibility index (Phi) is 2.56. The van der Waals surface area contributed by atoms with Gasteiger partial charge in [0.15, 0.2) is 0 Å². The number of carboxylic acid groups (broad SMARTS) is 1. The van der Waals surface area contributed by atoms with Gasteiger partial charge in [0, 0.05) is 11.6 Å². The van der Waals surface area contributed by atoms with Gasteiger partial charge in [-0.2, -0.15) is 0 Å². The van der Waals surface area contributed by atoms with E-state index < -0.39 is 5.97 Å². The first kappa shape index (κ1) is 10.9. The monoisotopic (exact) mass is 235 g/mol. The summed E-state index contributed by atoms with van der Waals surface area (Å²) in [7, 11) is 0. The van der Waals surface area contributed by atoms with Crippen molar-refractivity contribution in [3.8, 4) is 0 Å². The quantitative estimate of drug-likeness (QED) is 0.826. The first-order valence-electron chi connectivity index (χ1n) is 4.79. The van der Waals surface area contributed by atoms with Crippen molar-refractivity contribution in [2.24, 2.45) is 0 Å². The number of aromatic nitrogens is 1. The van der Waals surface area contributed by atoms with Gasteiger partial charge in [0.25, 0.3) is 0 Å². The summed E-state index contributed by atoms with van der Waals surface area (Å²) in [6.07, 6.45) is 1.30. The Bertz CT molecular complexity index is 593. The number of aryl methyl sites for hydroxylation is 2. The van der Waals surface area contributed by atoms with Crippen molar-refractivity contribution in [1.29, 1.82) is 0 Å². The summed E-state index contributed by atoms with van der Waals surface area (Å²) in [5.41, 5.74) is 2.79. The highest BCUT2D eigenvalue weighted by atomic mass is 35.5. The molecule has 16 heavy (non-hydrogen) atoms. The molecule has 0 saturated carbocycles. The van der Waals surface area contributed by atoms with E-state index in [0.29, 0.717) is 5.39 Å². The second-order valence-electron chi connectivity index (χ2n) is 3.77. The summed E-state index contributed by atoms with van der Waals surface area (Å²) in [6, 6.07) is 3.85. The Labute approximate surface area is 97.7 Å². The summed E-state index contributed by atoms with van der Waals surface area (Å²) in [4.78, 5) is 15.0. The Morgan fingerprint density at radius 2 is 2.06 bits per heavy atom. The molecule has 82 valence electrons. The lowest BCUT2D eigenvalue weighted by atomic mass is 10.0. The van der Waals surface area contributed by atoms with Crippen LogP contribution in [0.5, 0.6) is 0 Å². The van der Waals surface area contributed by atoms with Crippen LogP contribution in [0.4, 0.5) is 0 Å². The van der Waals surface area contributed by atoms with Crippen molar-refractivity contribution in [1.82, 2.24) is 4.98 Å². The second kappa shape index (κ2) is 3.76. The van der Waals surface area contributed by atoms with Crippen molar-refractivity contribution in [3.05, 3.63) is 40.0 Å². The van der Waals surface area contributed by atoms with Crippen LogP contribution in [-0.2, 0) is 0 Å². The molecule has 3 nitrogen and oxygen atoms in total. The van der Waals surface area contributed by atoms with Crippen LogP contribution < -0.4 is 0 Å². The molecule has 4 heteroatoms. The number of rotatable bonds is 1. The van der Waals surface area contributed by atoms with Gasteiger partial charge in [-0.25, -0.2) is 4.79 Å². The predicted molar refractivity (Wildman–Crippen MR) is 63.2 cm³/mol. The van der Waals surface area contributed by atoms with Crippen molar-refractivity contribution in [3.63, 3.8) is 0 Å². The lowest BCUT2D eigenvalue weighted by Crippen LogP contribution is -2.00. The van der Waals surface area contributed by atoms with Crippen LogP contribution in [0.1, 0.15) is 21.5 Å². The molecule has 0 unspecified atom stereocenters. The zero-order chi connectivity index (χ0) is 11.9. The van der Waals surface area contributed by atoms with Gasteiger partial charge in [-0.15, -0.1) is 0 Å². The van der Waals surface area contributed by atoms with E-state index in [1.165, 1.54) is 6.20 Å². The van der Waals surface area contributed by atoms with E-state index >= 15 is 0 Å². The van der Waals surface area contributed by atoms with Crippen molar-refractivity contribution in [2.75, 3.05) is 0 Å². The highest BCUT2D eigenvalue weighted by molar-refractivity contribution is 6.38. The van der Waals surface area contributed by atoms with E-state index in [9.17, 15) is 4.79 Å². The number of pyridine rings is 1. The molecule has 0 spiro atoms. The van der Waals surface area contributed by atoms with Gasteiger partial charge >= 0.3 is 5.97 Å². The minimum absolute atomic E-state index is 0.0427. The molecule has 0 bridgehead atoms. The molecule has 1 aromatic carbocycles. The summed E-state index contributed by atoms with van der Waals surface area (Å²) in [5.74, 6) is -1.06. The van der Waals surface area contributed by atoms with E-state index in [0.717, 1.165) is 16.6 Å². The number of aromatic carboxylic acids is 1. The van der Waals surface area contributed by atoms with Gasteiger partial charge in [0.2, 0.25) is 0 Å². The lowest BCUT2D eigenvalue weighted by molar-refractivity contribution is 0.0697. The molecule has 0 aliphatic carbocycles. The highest BCUT2D eigenvalue weighted by Crippen LogP contribution is 2.29. The van der Waals surface area contributed by atoms with Gasteiger partial charge in [-0.05, 0) is 31.0 Å². The fourth-order valence-corrected chi connectivity index (χ4v) is 2.18. The molecular weight excluding hydrogens is 226 g/mol. The number of hydrogen-bond donors (Lipinski definition) is 1. The van der Waals surface area contributed by atoms with E-state index in [2.05, 4.69) is 4.98 Å². The zero-order valence-electron chi connectivity index (χ0n) is 8.91. The van der Waals surface area contributed by atoms with Crippen LogP contribution >= 0.6 is 11.6 Å². The number of carbonyl (C=O) groups is 1. The number of carboxylic acids is 1. The number of benzene rings is 1. The molecule has 0 amide bonds. The molecule has 1 aromatic heterocycles. The molecule has 0 aliphatic heterocycles. The maximum absolute atomic E-state index is 10.9. The van der Waals surface area contributed by atoms with Gasteiger partial charge < -0.3 is 5.11 Å². The first-order valence-corrected chi connectivity index (χ1v) is 5.17. The zero-order valence-corrected chi connectivity index (χ0v) is 9.67. The van der Waals surface area contributed by atoms with E-state index in [4.69, 9.17) is 16.7 Å². The average molecular weight is 236 g/mol. The SMILES string of the molecule is Cc1cc(C)c2c(Cl)c(C(=O)O)cnc2c1. The number of halogens is 1. The second-order valence-corrected chi connectivity index (χ2v) is 4.14. The minimum atomic E-state index is -1.06. The minimum Gasteiger partial charge on any atom is -0.478 e. The first-order chi connectivity index (χ1) is 7.50. The Hall–Kier alpha value is -1.61. The fraction of sp³-hybridized carbons (Fsp3) is 0.167. The average Bonchev–Trinajstić information content (AvgIpc) is 2.15. The normalized spacial score (nSPS) is 10.7. The summed E-state index contributed by atoms with van der Waals surface area (Å²) < 4.78 is 0. The Balaban J connectivity index is 2.89. The fourth-order valence-electron chi connectivity index (χ4n) is 1.81. The molecule has 0 atom stereocenters. The van der Waals surface area contributed by atoms with Gasteiger partial charge in [-0.3, -0.25) is 4.98 Å². The van der Waals surface area contributed by atoms with E-state index in [-0.39, 0.29) is 10.6 Å². The van der Waals surface area contributed by atoms with E-state index in [1.54, 1.807) is 0 Å². The molecule has 0 radical (unpaired) electrons. The molecule has 0 aliphatic rings. The lowest BCUT2D eigenvalue weighted by Gasteiger charge is -2.07. The van der Waals surface area contributed by atoms with Crippen LogP contribution in [0.2, 0.25) is 5.02 Å². The Morgan fingerprint density at radius 1 is 1.38 bits per heavy atom. The molecule has 2 aromatic rings. The van der Waals surface area contributed by atoms with Crippen LogP contribution in [-0.4, -0.2) is 16.1 Å². The topological polar surface area (TPSA) is 50.2 Å². The van der Waals surface area contributed by atoms with Crippen LogP contribution in [0, 0.1) is 13.8 Å². The largest absolute Gasteiger partial charge is 0.478 e. The maximum Gasteiger partial charge on any atom is 0.338 e. The van der Waals surface area contributed by atoms with Crippen molar-refractivity contribution >= 4 is 28.5 Å². The van der Waals surface area contributed by atoms with E-state index in [1.807, 2.05) is 26.0 Å². The van der Waals surface area contributed by atoms with Crippen LogP contribution in [0.3, 0.4) is 0 Å². The van der Waals surface area contributed by atoms with Crippen molar-refractivity contribution in [2.45, 2.75) is 13.8 Å². The standard InChI is InChI=1S/C12H10ClNO2/c1-6-3-7(2)10-9(4-6)14-5-8(11(10)13)12(15)16/h3-5H,1-2H3,(H,15,16). The highest BCUT2D eigenvalue weighted by Gasteiger charge is 2.14. The predicted octanol–water partition coefficient (Wildman–Crippen LogP) is 3.20. The summed E-state index contributed by atoms with van der Waals surface area (Å²) in [6.45, 7) is 3.86. The number of hydrogen-bond acceptors (Lipinski definition) is 2. The third-order valence-corrected chi connectivity index (χ3v) is 2.87. The van der Waals surface area contributed by atoms with Gasteiger partial charge in [-0.1, -0.05) is 17.7 Å². The van der Waals surface area contributed by atoms with Crippen molar-refractivity contribution < 1.29 is 9.90 Å². The molecule has 2 rings (SSSR count). The van der Waals surface area contributed by atoms with Gasteiger partial charge in [0.1, 0.15) is 0 Å². The summed E-state index contributed by atoms with van der Waals surface area (Å²) >= 11 is 6.07. The third kappa shape index (κ3) is 1.63. The molecule has 0 saturated heterocycles. The molecule has 1 N–H and O–H groups in total. The number of fused-ring (bicyclic) bond motifs is 1. The smallest absolute Gasteiger partial charge is 0.338 e. The molecule has 0 fully saturated rings. The van der Waals surface area contributed by atoms with Crippen LogP contribution in [0.15, 0.2) is 18.3 Å². The summed E-state index contributed by atoms with van der Waals surface area (Å²) in [5, 5.41) is 9.92. The maximum atomic E-state index is 10.9.